The molecule has 0 aromatic heterocycles. The van der Waals surface area contributed by atoms with Crippen LogP contribution in [0.2, 0.25) is 0 Å². The Labute approximate surface area is 129 Å². The third kappa shape index (κ3) is 3.88. The lowest BCUT2D eigenvalue weighted by Gasteiger charge is -2.10. The fourth-order valence-electron chi connectivity index (χ4n) is 1.78. The number of hydrogen-bond donors (Lipinski definition) is 0. The highest BCUT2D eigenvalue weighted by Gasteiger charge is 2.10. The number of nitrogens with zero attached hydrogens (tertiary/aromatic N) is 1. The van der Waals surface area contributed by atoms with Crippen molar-refractivity contribution in [1.29, 1.82) is 0 Å². The van der Waals surface area contributed by atoms with E-state index in [9.17, 15) is 14.9 Å². The zero-order valence-corrected chi connectivity index (χ0v) is 12.8. The number of nitro groups is 1. The summed E-state index contributed by atoms with van der Waals surface area (Å²) in [5, 5.41) is 10.6. The molecule has 0 N–H and O–H groups in total. The molecule has 0 fully saturated rings. The van der Waals surface area contributed by atoms with Crippen LogP contribution in [0.15, 0.2) is 46.9 Å². The number of rotatable bonds is 5. The third-order valence-electron chi connectivity index (χ3n) is 2.86. The number of non-ortho nitro benzene ring substituents is 1. The Morgan fingerprint density at radius 1 is 1.24 bits per heavy atom. The minimum Gasteiger partial charge on any atom is -0.488 e. The summed E-state index contributed by atoms with van der Waals surface area (Å²) in [6.45, 7) is 1.71. The van der Waals surface area contributed by atoms with Crippen molar-refractivity contribution in [1.82, 2.24) is 0 Å². The molecule has 0 atom stereocenters. The molecule has 0 unspecified atom stereocenters. The van der Waals surface area contributed by atoms with Gasteiger partial charge in [-0.15, -0.1) is 0 Å². The van der Waals surface area contributed by atoms with Crippen molar-refractivity contribution in [2.45, 2.75) is 13.5 Å². The summed E-state index contributed by atoms with van der Waals surface area (Å²) in [5.41, 5.74) is 1.32. The maximum absolute atomic E-state index is 11.5. The molecule has 108 valence electrons. The molecule has 2 aromatic carbocycles. The van der Waals surface area contributed by atoms with Gasteiger partial charge in [0.05, 0.1) is 10.5 Å². The fourth-order valence-corrected chi connectivity index (χ4v) is 2.12. The molecular weight excluding hydrogens is 338 g/mol. The van der Waals surface area contributed by atoms with Crippen LogP contribution >= 0.6 is 15.9 Å². The summed E-state index contributed by atoms with van der Waals surface area (Å²) in [7, 11) is 0. The summed E-state index contributed by atoms with van der Waals surface area (Å²) in [6, 6.07) is 11.3. The first kappa shape index (κ1) is 15.2. The number of nitro benzene ring substituents is 1. The summed E-state index contributed by atoms with van der Waals surface area (Å²) in [6.07, 6.45) is 0. The van der Waals surface area contributed by atoms with Gasteiger partial charge in [0.15, 0.2) is 5.78 Å². The van der Waals surface area contributed by atoms with Gasteiger partial charge in [0.25, 0.3) is 5.69 Å². The third-order valence-corrected chi connectivity index (χ3v) is 3.36. The summed E-state index contributed by atoms with van der Waals surface area (Å²) in [5.74, 6) is 0.399. The number of ether oxygens (including phenoxy) is 1. The van der Waals surface area contributed by atoms with Gasteiger partial charge in [0.2, 0.25) is 0 Å². The Hall–Kier alpha value is -2.21. The molecule has 0 aliphatic heterocycles. The molecule has 2 rings (SSSR count). The van der Waals surface area contributed by atoms with Gasteiger partial charge in [-0.2, -0.15) is 0 Å². The SMILES string of the molecule is CC(=O)c1ccc(Br)cc1OCc1ccc([N+](=O)[O-])cc1. The van der Waals surface area contributed by atoms with Gasteiger partial charge in [0, 0.05) is 16.6 Å². The molecule has 0 spiro atoms. The number of ketones is 1. The zero-order valence-electron chi connectivity index (χ0n) is 11.2. The minimum atomic E-state index is -0.452. The van der Waals surface area contributed by atoms with Crippen LogP contribution in [0.4, 0.5) is 5.69 Å². The summed E-state index contributed by atoms with van der Waals surface area (Å²) < 4.78 is 6.46. The maximum atomic E-state index is 11.5. The minimum absolute atomic E-state index is 0.0330. The van der Waals surface area contributed by atoms with E-state index in [1.54, 1.807) is 30.3 Å². The highest BCUT2D eigenvalue weighted by Crippen LogP contribution is 2.25. The van der Waals surface area contributed by atoms with Crippen LogP contribution in [-0.2, 0) is 6.61 Å². The molecule has 0 saturated heterocycles. The Bertz CT molecular complexity index is 683. The Balaban J connectivity index is 2.14. The van der Waals surface area contributed by atoms with Crippen molar-refractivity contribution < 1.29 is 14.5 Å². The van der Waals surface area contributed by atoms with E-state index in [0.29, 0.717) is 11.3 Å². The Morgan fingerprint density at radius 2 is 1.90 bits per heavy atom. The first-order valence-corrected chi connectivity index (χ1v) is 6.93. The van der Waals surface area contributed by atoms with Crippen LogP contribution in [0.1, 0.15) is 22.8 Å². The first-order valence-electron chi connectivity index (χ1n) is 6.14. The van der Waals surface area contributed by atoms with Gasteiger partial charge >= 0.3 is 0 Å². The van der Waals surface area contributed by atoms with E-state index >= 15 is 0 Å². The second kappa shape index (κ2) is 6.49. The molecule has 0 radical (unpaired) electrons. The van der Waals surface area contributed by atoms with Crippen LogP contribution < -0.4 is 4.74 Å². The zero-order chi connectivity index (χ0) is 15.4. The van der Waals surface area contributed by atoms with Gasteiger partial charge in [-0.3, -0.25) is 14.9 Å². The number of Topliss-reactive ketones (excluding diaryl/α,β-unsaturated/α-hetero) is 1. The standard InChI is InChI=1S/C15H12BrNO4/c1-10(18)14-7-4-12(16)8-15(14)21-9-11-2-5-13(6-3-11)17(19)20/h2-8H,9H2,1H3. The molecule has 0 amide bonds. The monoisotopic (exact) mass is 349 g/mol. The molecule has 6 heteroatoms. The van der Waals surface area contributed by atoms with E-state index < -0.39 is 4.92 Å². The van der Waals surface area contributed by atoms with E-state index in [2.05, 4.69) is 15.9 Å². The smallest absolute Gasteiger partial charge is 0.269 e. The fraction of sp³-hybridized carbons (Fsp3) is 0.133. The quantitative estimate of drug-likeness (QED) is 0.462. The second-order valence-electron chi connectivity index (χ2n) is 4.41. The van der Waals surface area contributed by atoms with Crippen molar-refractivity contribution >= 4 is 27.4 Å². The van der Waals surface area contributed by atoms with Crippen molar-refractivity contribution in [3.05, 3.63) is 68.2 Å². The van der Waals surface area contributed by atoms with Crippen molar-refractivity contribution in [3.8, 4) is 5.75 Å². The lowest BCUT2D eigenvalue weighted by molar-refractivity contribution is -0.384. The predicted octanol–water partition coefficient (Wildman–Crippen LogP) is 4.14. The Morgan fingerprint density at radius 3 is 2.48 bits per heavy atom. The highest BCUT2D eigenvalue weighted by atomic mass is 79.9. The van der Waals surface area contributed by atoms with Gasteiger partial charge in [-0.05, 0) is 42.8 Å². The van der Waals surface area contributed by atoms with Crippen molar-refractivity contribution in [3.63, 3.8) is 0 Å². The Kier molecular flexibility index (Phi) is 4.70. The molecule has 0 saturated carbocycles. The molecular formula is C15H12BrNO4. The van der Waals surface area contributed by atoms with E-state index in [4.69, 9.17) is 4.74 Å². The van der Waals surface area contributed by atoms with Crippen LogP contribution in [-0.4, -0.2) is 10.7 Å². The van der Waals surface area contributed by atoms with Gasteiger partial charge in [-0.1, -0.05) is 15.9 Å². The van der Waals surface area contributed by atoms with Crippen molar-refractivity contribution in [2.75, 3.05) is 0 Å². The molecule has 21 heavy (non-hydrogen) atoms. The average molecular weight is 350 g/mol. The molecule has 0 aliphatic rings. The van der Waals surface area contributed by atoms with E-state index in [1.807, 2.05) is 0 Å². The highest BCUT2D eigenvalue weighted by molar-refractivity contribution is 9.10. The summed E-state index contributed by atoms with van der Waals surface area (Å²) in [4.78, 5) is 21.7. The van der Waals surface area contributed by atoms with Crippen LogP contribution in [0.5, 0.6) is 5.75 Å². The normalized spacial score (nSPS) is 10.2. The van der Waals surface area contributed by atoms with Crippen LogP contribution in [0.25, 0.3) is 0 Å². The topological polar surface area (TPSA) is 69.4 Å². The average Bonchev–Trinajstić information content (AvgIpc) is 2.45. The number of hydrogen-bond acceptors (Lipinski definition) is 4. The number of benzene rings is 2. The molecule has 0 bridgehead atoms. The first-order chi connectivity index (χ1) is 9.97. The summed E-state index contributed by atoms with van der Waals surface area (Å²) >= 11 is 3.33. The van der Waals surface area contributed by atoms with E-state index in [0.717, 1.165) is 10.0 Å². The van der Waals surface area contributed by atoms with Crippen LogP contribution in [0, 0.1) is 10.1 Å². The number of carbonyl (C=O) groups is 1. The van der Waals surface area contributed by atoms with Gasteiger partial charge in [0.1, 0.15) is 12.4 Å². The molecule has 0 aliphatic carbocycles. The molecule has 5 nitrogen and oxygen atoms in total. The molecule has 2 aromatic rings. The second-order valence-corrected chi connectivity index (χ2v) is 5.32. The largest absolute Gasteiger partial charge is 0.488 e. The van der Waals surface area contributed by atoms with Crippen molar-refractivity contribution in [2.24, 2.45) is 0 Å². The lowest BCUT2D eigenvalue weighted by atomic mass is 10.1. The molecule has 0 heterocycles. The van der Waals surface area contributed by atoms with Gasteiger partial charge in [-0.25, -0.2) is 0 Å². The van der Waals surface area contributed by atoms with Crippen LogP contribution in [0.3, 0.4) is 0 Å². The van der Waals surface area contributed by atoms with E-state index in [-0.39, 0.29) is 18.1 Å². The van der Waals surface area contributed by atoms with Gasteiger partial charge < -0.3 is 4.74 Å². The maximum Gasteiger partial charge on any atom is 0.269 e. The number of carbonyl (C=O) groups excluding carboxylic acids is 1. The lowest BCUT2D eigenvalue weighted by Crippen LogP contribution is -2.01. The number of halogens is 1. The predicted molar refractivity (Wildman–Crippen MR) is 81.6 cm³/mol. The van der Waals surface area contributed by atoms with E-state index in [1.165, 1.54) is 19.1 Å².